The predicted molar refractivity (Wildman–Crippen MR) is 112 cm³/mol. The van der Waals surface area contributed by atoms with Crippen molar-refractivity contribution in [2.75, 3.05) is 0 Å². The Bertz CT molecular complexity index is 669. The van der Waals surface area contributed by atoms with Gasteiger partial charge in [-0.3, -0.25) is 0 Å². The van der Waals surface area contributed by atoms with Crippen LogP contribution in [0, 0.1) is 11.8 Å². The number of hydrogen-bond donors (Lipinski definition) is 0. The molecule has 4 atom stereocenters. The van der Waals surface area contributed by atoms with E-state index in [1.54, 1.807) is 14.8 Å². The minimum atomic E-state index is -1.48. The van der Waals surface area contributed by atoms with Crippen molar-refractivity contribution in [3.05, 3.63) is 78.9 Å². The molecular formula is C23H31PTi. The monoisotopic (exact) mass is 386 g/mol. The maximum absolute atomic E-state index is 3.66. The van der Waals surface area contributed by atoms with Gasteiger partial charge in [-0.2, -0.15) is 0 Å². The second-order valence-electron chi connectivity index (χ2n) is 7.90. The van der Waals surface area contributed by atoms with Gasteiger partial charge < -0.3 is 0 Å². The van der Waals surface area contributed by atoms with E-state index in [1.165, 1.54) is 19.4 Å². The molecule has 0 nitrogen and oxygen atoms in total. The molecule has 2 aliphatic carbocycles. The van der Waals surface area contributed by atoms with Crippen molar-refractivity contribution >= 4 is 11.9 Å². The summed E-state index contributed by atoms with van der Waals surface area (Å²) in [4.78, 5) is 0. The number of rotatable bonds is 4. The Kier molecular flexibility index (Phi) is 6.37. The first kappa shape index (κ1) is 19.1. The topological polar surface area (TPSA) is 0 Å². The molecule has 4 unspecified atom stereocenters. The number of fused-ring (bicyclic) bond motifs is 1. The van der Waals surface area contributed by atoms with Gasteiger partial charge in [0.1, 0.15) is 0 Å². The number of allylic oxidation sites excluding steroid dienone is 6. The molecule has 1 aliphatic heterocycles. The van der Waals surface area contributed by atoms with Crippen LogP contribution in [0.15, 0.2) is 78.9 Å². The Morgan fingerprint density at radius 1 is 0.960 bits per heavy atom. The molecule has 0 amide bonds. The third-order valence-corrected chi connectivity index (χ3v) is 20.1. The van der Waals surface area contributed by atoms with Crippen LogP contribution in [-0.2, 0) is 16.1 Å². The summed E-state index contributed by atoms with van der Waals surface area (Å²) in [5.41, 5.74) is 2.13. The van der Waals surface area contributed by atoms with Crippen LogP contribution in [0.4, 0.5) is 0 Å². The van der Waals surface area contributed by atoms with Gasteiger partial charge in [-0.1, -0.05) is 24.3 Å². The average molecular weight is 386 g/mol. The van der Waals surface area contributed by atoms with E-state index in [-0.39, 0.29) is 0 Å². The predicted octanol–water partition coefficient (Wildman–Crippen LogP) is 6.99. The molecule has 0 N–H and O–H groups in total. The molecule has 132 valence electrons. The van der Waals surface area contributed by atoms with Crippen molar-refractivity contribution in [1.82, 2.24) is 0 Å². The van der Waals surface area contributed by atoms with Gasteiger partial charge in [-0.05, 0) is 13.8 Å². The average Bonchev–Trinajstić information content (AvgIpc) is 3.24. The molecule has 1 aromatic carbocycles. The van der Waals surface area contributed by atoms with Crippen LogP contribution in [0.3, 0.4) is 0 Å². The Morgan fingerprint density at radius 3 is 2.20 bits per heavy atom. The van der Waals surface area contributed by atoms with Crippen LogP contribution in [0.5, 0.6) is 0 Å². The summed E-state index contributed by atoms with van der Waals surface area (Å²) in [6, 6.07) is 11.3. The smallest absolute Gasteiger partial charge is 0.0401 e. The van der Waals surface area contributed by atoms with E-state index in [0.717, 1.165) is 27.2 Å². The van der Waals surface area contributed by atoms with E-state index >= 15 is 0 Å². The van der Waals surface area contributed by atoms with Gasteiger partial charge in [0.25, 0.3) is 0 Å². The van der Waals surface area contributed by atoms with E-state index in [2.05, 4.69) is 67.8 Å². The molecule has 1 aromatic rings. The Morgan fingerprint density at radius 2 is 1.60 bits per heavy atom. The summed E-state index contributed by atoms with van der Waals surface area (Å²) in [7, 11) is 0. The molecule has 1 saturated heterocycles. The van der Waals surface area contributed by atoms with Crippen LogP contribution in [-0.4, -0.2) is 0 Å². The van der Waals surface area contributed by atoms with Crippen LogP contribution >= 0.6 is 6.57 Å². The van der Waals surface area contributed by atoms with E-state index in [4.69, 9.17) is 0 Å². The molecule has 0 radical (unpaired) electrons. The summed E-state index contributed by atoms with van der Waals surface area (Å²) in [5, 5.41) is 1.65. The molecule has 0 aromatic heterocycles. The zero-order valence-corrected chi connectivity index (χ0v) is 18.2. The van der Waals surface area contributed by atoms with E-state index in [9.17, 15) is 0 Å². The standard InChI is InChI=1S/C9H11.C6H6P.C6H10.C2H4.Ti/c1-2-5-9-7-3-6-8(9)4-1;7-6-4-2-1-3-5-6;1-5(2)6(3)4;1-2;/h1-2,4-6,8-9H,3,7H2;1-5,7H;1,3H2,2,4H3;1-2H2;/q;-1;;;+1. The van der Waals surface area contributed by atoms with Gasteiger partial charge in [0, 0.05) is 0 Å². The van der Waals surface area contributed by atoms with Crippen molar-refractivity contribution in [3.8, 4) is 0 Å². The van der Waals surface area contributed by atoms with Gasteiger partial charge in [0.2, 0.25) is 0 Å². The minimum absolute atomic E-state index is 0.888. The molecule has 1 heterocycles. The van der Waals surface area contributed by atoms with Crippen LogP contribution in [0.2, 0.25) is 13.7 Å². The Hall–Kier alpha value is -0.676. The Balaban J connectivity index is 0.000000265. The van der Waals surface area contributed by atoms with Crippen LogP contribution in [0.25, 0.3) is 0 Å². The first-order chi connectivity index (χ1) is 12.0. The van der Waals surface area contributed by atoms with Crippen molar-refractivity contribution < 1.29 is 16.1 Å². The molecule has 4 rings (SSSR count). The molecule has 25 heavy (non-hydrogen) atoms. The van der Waals surface area contributed by atoms with Gasteiger partial charge in [0.15, 0.2) is 0 Å². The SMILES string of the molecule is C1=CC2CC[CH]([Ti]3([PH]c4ccccc4)[CH2][CH2]3)C2C=C1.C=C(C)C(=C)C. The van der Waals surface area contributed by atoms with Gasteiger partial charge in [-0.25, -0.2) is 0 Å². The number of hydrogen-bond acceptors (Lipinski definition) is 0. The van der Waals surface area contributed by atoms with Crippen molar-refractivity contribution in [1.29, 1.82) is 0 Å². The summed E-state index contributed by atoms with van der Waals surface area (Å²) in [6.45, 7) is 12.4. The number of benzene rings is 1. The molecule has 2 fully saturated rings. The van der Waals surface area contributed by atoms with Crippen LogP contribution < -0.4 is 5.30 Å². The maximum atomic E-state index is 3.66. The summed E-state index contributed by atoms with van der Waals surface area (Å²) < 4.78 is 4.43. The fourth-order valence-corrected chi connectivity index (χ4v) is 20.7. The molecule has 0 spiro atoms. The summed E-state index contributed by atoms with van der Waals surface area (Å²) in [5.74, 6) is 1.81. The van der Waals surface area contributed by atoms with Crippen molar-refractivity contribution in [2.45, 2.75) is 40.4 Å². The van der Waals surface area contributed by atoms with E-state index in [1.807, 2.05) is 13.8 Å². The quantitative estimate of drug-likeness (QED) is 0.297. The van der Waals surface area contributed by atoms with Gasteiger partial charge >= 0.3 is 121 Å². The fourth-order valence-electron chi connectivity index (χ4n) is 4.13. The summed E-state index contributed by atoms with van der Waals surface area (Å²) >= 11 is -1.48. The van der Waals surface area contributed by atoms with E-state index < -0.39 is 16.1 Å². The third-order valence-electron chi connectivity index (χ3n) is 5.97. The van der Waals surface area contributed by atoms with Crippen molar-refractivity contribution in [3.63, 3.8) is 0 Å². The largest absolute Gasteiger partial charge is 0.0959 e. The fraction of sp³-hybridized carbons (Fsp3) is 0.391. The molecule has 2 heteroatoms. The molecule has 3 aliphatic rings. The first-order valence-electron chi connectivity index (χ1n) is 9.51. The minimum Gasteiger partial charge on any atom is -0.0959 e. The second-order valence-corrected chi connectivity index (χ2v) is 20.3. The second kappa shape index (κ2) is 8.34. The zero-order chi connectivity index (χ0) is 17.9. The first-order valence-corrected chi connectivity index (χ1v) is 16.0. The molecular weight excluding hydrogens is 355 g/mol. The Labute approximate surface area is 158 Å². The van der Waals surface area contributed by atoms with E-state index in [0.29, 0.717) is 0 Å². The molecule has 0 bridgehead atoms. The normalized spacial score (nSPS) is 28.3. The maximum Gasteiger partial charge on any atom is -0.0401 e. The summed E-state index contributed by atoms with van der Waals surface area (Å²) in [6.07, 6.45) is 12.6. The van der Waals surface area contributed by atoms with Crippen molar-refractivity contribution in [2.24, 2.45) is 11.8 Å². The third kappa shape index (κ3) is 4.74. The zero-order valence-electron chi connectivity index (χ0n) is 15.7. The van der Waals surface area contributed by atoms with Gasteiger partial charge in [-0.15, -0.1) is 0 Å². The van der Waals surface area contributed by atoms with Gasteiger partial charge in [0.05, 0.1) is 0 Å². The van der Waals surface area contributed by atoms with Crippen LogP contribution in [0.1, 0.15) is 26.7 Å². The molecule has 1 saturated carbocycles.